The Bertz CT molecular complexity index is 833. The molecular weight excluding hydrogens is 348 g/mol. The first-order valence-electron chi connectivity index (χ1n) is 7.81. The predicted molar refractivity (Wildman–Crippen MR) is 96.5 cm³/mol. The van der Waals surface area contributed by atoms with E-state index in [-0.39, 0.29) is 0 Å². The lowest BCUT2D eigenvalue weighted by atomic mass is 10.2. The highest BCUT2D eigenvalue weighted by Crippen LogP contribution is 2.05. The van der Waals surface area contributed by atoms with Gasteiger partial charge in [-0.05, 0) is 36.4 Å². The molecule has 7 nitrogen and oxygen atoms in total. The zero-order chi connectivity index (χ0) is 19.5. The van der Waals surface area contributed by atoms with Gasteiger partial charge in [0.2, 0.25) is 5.91 Å². The number of amides is 1. The van der Waals surface area contributed by atoms with Crippen molar-refractivity contribution in [2.45, 2.75) is 0 Å². The summed E-state index contributed by atoms with van der Waals surface area (Å²) in [7, 11) is 0. The van der Waals surface area contributed by atoms with Gasteiger partial charge in [0.25, 0.3) is 0 Å². The second kappa shape index (κ2) is 10.1. The Morgan fingerprint density at radius 2 is 1.11 bits per heavy atom. The van der Waals surface area contributed by atoms with Crippen LogP contribution in [0.3, 0.4) is 0 Å². The van der Waals surface area contributed by atoms with Crippen LogP contribution >= 0.6 is 0 Å². The minimum atomic E-state index is -0.708. The molecule has 0 saturated carbocycles. The Morgan fingerprint density at radius 1 is 0.667 bits per heavy atom. The lowest BCUT2D eigenvalue weighted by molar-refractivity contribution is -0.187. The van der Waals surface area contributed by atoms with Crippen molar-refractivity contribution in [3.8, 4) is 0 Å². The quantitative estimate of drug-likeness (QED) is 0.565. The Morgan fingerprint density at radius 3 is 1.44 bits per heavy atom. The molecule has 1 heterocycles. The van der Waals surface area contributed by atoms with Crippen molar-refractivity contribution >= 4 is 17.8 Å². The molecule has 0 radical (unpaired) electrons. The summed E-state index contributed by atoms with van der Waals surface area (Å²) >= 11 is 0. The molecular formula is C20H16N2O5. The molecule has 2 aromatic carbocycles. The Balaban J connectivity index is 0.000000244. The van der Waals surface area contributed by atoms with Gasteiger partial charge in [0.1, 0.15) is 0 Å². The second-order valence-electron chi connectivity index (χ2n) is 5.08. The van der Waals surface area contributed by atoms with Gasteiger partial charge < -0.3 is 5.73 Å². The van der Waals surface area contributed by atoms with E-state index in [4.69, 9.17) is 5.73 Å². The van der Waals surface area contributed by atoms with Crippen molar-refractivity contribution in [1.29, 1.82) is 0 Å². The monoisotopic (exact) mass is 364 g/mol. The van der Waals surface area contributed by atoms with Crippen LogP contribution in [0.4, 0.5) is 0 Å². The average molecular weight is 364 g/mol. The van der Waals surface area contributed by atoms with E-state index >= 15 is 0 Å². The molecule has 1 aromatic heterocycles. The van der Waals surface area contributed by atoms with E-state index in [0.29, 0.717) is 16.7 Å². The molecule has 0 unspecified atom stereocenters. The third-order valence-electron chi connectivity index (χ3n) is 3.16. The summed E-state index contributed by atoms with van der Waals surface area (Å²) in [5, 5.41) is 0. The second-order valence-corrected chi connectivity index (χ2v) is 5.08. The van der Waals surface area contributed by atoms with E-state index in [1.165, 1.54) is 6.20 Å². The molecule has 27 heavy (non-hydrogen) atoms. The van der Waals surface area contributed by atoms with Crippen LogP contribution in [0.2, 0.25) is 0 Å². The van der Waals surface area contributed by atoms with Crippen molar-refractivity contribution in [2.75, 3.05) is 0 Å². The summed E-state index contributed by atoms with van der Waals surface area (Å²) in [4.78, 5) is 46.0. The minimum absolute atomic E-state index is 0.318. The van der Waals surface area contributed by atoms with E-state index in [1.807, 2.05) is 0 Å². The van der Waals surface area contributed by atoms with E-state index in [0.717, 1.165) is 0 Å². The molecule has 0 fully saturated rings. The number of benzene rings is 2. The zero-order valence-corrected chi connectivity index (χ0v) is 14.1. The molecule has 2 N–H and O–H groups in total. The van der Waals surface area contributed by atoms with Gasteiger partial charge in [-0.3, -0.25) is 9.78 Å². The number of pyridine rings is 1. The number of primary amides is 1. The van der Waals surface area contributed by atoms with Gasteiger partial charge in [-0.2, -0.15) is 0 Å². The molecule has 0 aliphatic heterocycles. The molecule has 0 aliphatic carbocycles. The highest BCUT2D eigenvalue weighted by molar-refractivity contribution is 5.92. The molecule has 1 amide bonds. The lowest BCUT2D eigenvalue weighted by Crippen LogP contribution is -2.11. The smallest absolute Gasteiger partial charge is 0.366 e. The first kappa shape index (κ1) is 19.3. The first-order valence-corrected chi connectivity index (χ1v) is 7.81. The van der Waals surface area contributed by atoms with Gasteiger partial charge in [0.05, 0.1) is 16.7 Å². The maximum absolute atomic E-state index is 11.5. The summed E-state index contributed by atoms with van der Waals surface area (Å²) in [5.74, 6) is -1.86. The molecule has 7 heteroatoms. The Hall–Kier alpha value is -4.00. The van der Waals surface area contributed by atoms with Gasteiger partial charge in [0.15, 0.2) is 0 Å². The number of carbonyl (C=O) groups is 3. The molecule has 3 rings (SSSR count). The molecule has 0 spiro atoms. The van der Waals surface area contributed by atoms with Crippen LogP contribution < -0.4 is 5.73 Å². The van der Waals surface area contributed by atoms with Crippen molar-refractivity contribution in [1.82, 2.24) is 4.98 Å². The summed E-state index contributed by atoms with van der Waals surface area (Å²) in [6.45, 7) is 0. The van der Waals surface area contributed by atoms with Crippen molar-refractivity contribution in [2.24, 2.45) is 5.73 Å². The maximum atomic E-state index is 11.5. The van der Waals surface area contributed by atoms with E-state index in [9.17, 15) is 14.4 Å². The van der Waals surface area contributed by atoms with Gasteiger partial charge in [0, 0.05) is 12.4 Å². The fourth-order valence-electron chi connectivity index (χ4n) is 1.83. The number of hydrogen-bond donors (Lipinski definition) is 1. The van der Waals surface area contributed by atoms with Crippen LogP contribution in [0.25, 0.3) is 0 Å². The highest BCUT2D eigenvalue weighted by atomic mass is 17.2. The molecule has 0 saturated heterocycles. The number of aromatic nitrogens is 1. The van der Waals surface area contributed by atoms with E-state index in [1.54, 1.807) is 79.0 Å². The van der Waals surface area contributed by atoms with Gasteiger partial charge in [-0.15, -0.1) is 0 Å². The number of carbonyl (C=O) groups excluding carboxylic acids is 3. The van der Waals surface area contributed by atoms with Crippen LogP contribution in [0.1, 0.15) is 31.1 Å². The summed E-state index contributed by atoms with van der Waals surface area (Å²) in [6, 6.07) is 19.9. The van der Waals surface area contributed by atoms with Crippen LogP contribution in [-0.4, -0.2) is 22.8 Å². The zero-order valence-electron chi connectivity index (χ0n) is 14.1. The fraction of sp³-hybridized carbons (Fsp3) is 0. The van der Waals surface area contributed by atoms with Gasteiger partial charge in [-0.1, -0.05) is 36.4 Å². The van der Waals surface area contributed by atoms with Crippen LogP contribution in [-0.2, 0) is 9.78 Å². The van der Waals surface area contributed by atoms with E-state index in [2.05, 4.69) is 14.8 Å². The predicted octanol–water partition coefficient (Wildman–Crippen LogP) is 2.80. The SMILES string of the molecule is NC(=O)c1cccnc1.O=C(OOC(=O)c1ccccc1)c1ccccc1. The van der Waals surface area contributed by atoms with Crippen molar-refractivity contribution in [3.63, 3.8) is 0 Å². The fourth-order valence-corrected chi connectivity index (χ4v) is 1.83. The minimum Gasteiger partial charge on any atom is -0.366 e. The number of hydrogen-bond acceptors (Lipinski definition) is 6. The Labute approximate surface area is 155 Å². The summed E-state index contributed by atoms with van der Waals surface area (Å²) in [6.07, 6.45) is 3.02. The topological polar surface area (TPSA) is 109 Å². The van der Waals surface area contributed by atoms with E-state index < -0.39 is 17.8 Å². The molecule has 0 atom stereocenters. The van der Waals surface area contributed by atoms with Crippen molar-refractivity contribution < 1.29 is 24.2 Å². The number of nitrogens with zero attached hydrogens (tertiary/aromatic N) is 1. The Kier molecular flexibility index (Phi) is 7.23. The lowest BCUT2D eigenvalue weighted by Gasteiger charge is -2.02. The third-order valence-corrected chi connectivity index (χ3v) is 3.16. The summed E-state index contributed by atoms with van der Waals surface area (Å²) in [5.41, 5.74) is 6.01. The number of rotatable bonds is 3. The number of nitrogens with two attached hydrogens (primary N) is 1. The maximum Gasteiger partial charge on any atom is 0.386 e. The van der Waals surface area contributed by atoms with Crippen LogP contribution in [0.5, 0.6) is 0 Å². The van der Waals surface area contributed by atoms with Crippen LogP contribution in [0, 0.1) is 0 Å². The molecule has 0 bridgehead atoms. The molecule has 136 valence electrons. The average Bonchev–Trinajstić information content (AvgIpc) is 2.74. The largest absolute Gasteiger partial charge is 0.386 e. The van der Waals surface area contributed by atoms with Gasteiger partial charge >= 0.3 is 11.9 Å². The standard InChI is InChI=1S/C14H10O4.C6H6N2O/c15-13(11-7-3-1-4-8-11)17-18-14(16)12-9-5-2-6-10-12;7-6(9)5-2-1-3-8-4-5/h1-10H;1-4H,(H2,7,9). The van der Waals surface area contributed by atoms with Crippen LogP contribution in [0.15, 0.2) is 85.2 Å². The molecule has 3 aromatic rings. The third kappa shape index (κ3) is 6.43. The first-order chi connectivity index (χ1) is 13.1. The molecule has 0 aliphatic rings. The normalized spacial score (nSPS) is 9.33. The highest BCUT2D eigenvalue weighted by Gasteiger charge is 2.13. The van der Waals surface area contributed by atoms with Gasteiger partial charge in [-0.25, -0.2) is 19.4 Å². The van der Waals surface area contributed by atoms with Crippen molar-refractivity contribution in [3.05, 3.63) is 102 Å². The summed E-state index contributed by atoms with van der Waals surface area (Å²) < 4.78 is 0.